The van der Waals surface area contributed by atoms with Crippen molar-refractivity contribution >= 4 is 16.7 Å². The van der Waals surface area contributed by atoms with Gasteiger partial charge in [0.15, 0.2) is 0 Å². The summed E-state index contributed by atoms with van der Waals surface area (Å²) in [5.41, 5.74) is 1.75. The highest BCUT2D eigenvalue weighted by Crippen LogP contribution is 2.26. The fraction of sp³-hybridized carbons (Fsp3) is 0.438. The SMILES string of the molecule is CN1CCCC(CNc2[nH]c3ccccc3c2C#N)C1. The first-order valence-electron chi connectivity index (χ1n) is 7.21. The third kappa shape index (κ3) is 2.50. The number of aromatic nitrogens is 1. The summed E-state index contributed by atoms with van der Waals surface area (Å²) in [6.45, 7) is 3.26. The molecule has 0 amide bonds. The third-order valence-corrected chi connectivity index (χ3v) is 4.11. The molecule has 104 valence electrons. The molecule has 2 heterocycles. The van der Waals surface area contributed by atoms with E-state index in [-0.39, 0.29) is 0 Å². The van der Waals surface area contributed by atoms with Crippen LogP contribution in [0.25, 0.3) is 10.9 Å². The van der Waals surface area contributed by atoms with E-state index in [2.05, 4.69) is 28.3 Å². The molecule has 4 heteroatoms. The highest BCUT2D eigenvalue weighted by molar-refractivity contribution is 5.91. The van der Waals surface area contributed by atoms with Gasteiger partial charge in [-0.05, 0) is 38.4 Å². The fourth-order valence-electron chi connectivity index (χ4n) is 3.08. The predicted octanol–water partition coefficient (Wildman–Crippen LogP) is 2.79. The normalized spacial score (nSPS) is 19.9. The second-order valence-electron chi connectivity index (χ2n) is 5.68. The Balaban J connectivity index is 1.76. The number of aromatic amines is 1. The van der Waals surface area contributed by atoms with Gasteiger partial charge in [-0.2, -0.15) is 5.26 Å². The molecule has 0 aliphatic carbocycles. The molecule has 3 rings (SSSR count). The van der Waals surface area contributed by atoms with Gasteiger partial charge in [0.1, 0.15) is 17.5 Å². The number of nitrogens with one attached hydrogen (secondary N) is 2. The maximum absolute atomic E-state index is 9.37. The largest absolute Gasteiger partial charge is 0.370 e. The fourth-order valence-corrected chi connectivity index (χ4v) is 3.08. The minimum Gasteiger partial charge on any atom is -0.370 e. The van der Waals surface area contributed by atoms with Crippen LogP contribution in [0.1, 0.15) is 18.4 Å². The van der Waals surface area contributed by atoms with Gasteiger partial charge in [0.05, 0.1) is 0 Å². The van der Waals surface area contributed by atoms with Gasteiger partial charge in [-0.15, -0.1) is 0 Å². The summed E-state index contributed by atoms with van der Waals surface area (Å²) >= 11 is 0. The van der Waals surface area contributed by atoms with Crippen LogP contribution < -0.4 is 5.32 Å². The van der Waals surface area contributed by atoms with Crippen molar-refractivity contribution in [2.24, 2.45) is 5.92 Å². The molecule has 1 unspecified atom stereocenters. The van der Waals surface area contributed by atoms with Crippen LogP contribution in [-0.4, -0.2) is 36.6 Å². The number of rotatable bonds is 3. The molecule has 20 heavy (non-hydrogen) atoms. The Morgan fingerprint density at radius 2 is 2.30 bits per heavy atom. The van der Waals surface area contributed by atoms with Crippen LogP contribution in [0.5, 0.6) is 0 Å². The third-order valence-electron chi connectivity index (χ3n) is 4.11. The predicted molar refractivity (Wildman–Crippen MR) is 81.7 cm³/mol. The van der Waals surface area contributed by atoms with Gasteiger partial charge in [-0.1, -0.05) is 18.2 Å². The lowest BCUT2D eigenvalue weighted by Crippen LogP contribution is -2.35. The van der Waals surface area contributed by atoms with Crippen molar-refractivity contribution < 1.29 is 0 Å². The lowest BCUT2D eigenvalue weighted by molar-refractivity contribution is 0.217. The first kappa shape index (κ1) is 13.0. The van der Waals surface area contributed by atoms with Crippen LogP contribution in [0.2, 0.25) is 0 Å². The van der Waals surface area contributed by atoms with Gasteiger partial charge in [0.2, 0.25) is 0 Å². The molecule has 1 atom stereocenters. The van der Waals surface area contributed by atoms with Crippen LogP contribution in [-0.2, 0) is 0 Å². The Kier molecular flexibility index (Phi) is 3.62. The van der Waals surface area contributed by atoms with Gasteiger partial charge >= 0.3 is 0 Å². The molecule has 1 aliphatic heterocycles. The number of hydrogen-bond donors (Lipinski definition) is 2. The second kappa shape index (κ2) is 5.56. The summed E-state index contributed by atoms with van der Waals surface area (Å²) in [5, 5.41) is 13.8. The van der Waals surface area contributed by atoms with E-state index in [1.54, 1.807) is 0 Å². The lowest BCUT2D eigenvalue weighted by atomic mass is 9.98. The zero-order valence-electron chi connectivity index (χ0n) is 11.8. The maximum Gasteiger partial charge on any atom is 0.122 e. The molecule has 1 saturated heterocycles. The Bertz CT molecular complexity index is 637. The standard InChI is InChI=1S/C16H20N4/c1-20-8-4-5-12(11-20)10-18-16-14(9-17)13-6-2-3-7-15(13)19-16/h2-3,6-7,12,18-19H,4-5,8,10-11H2,1H3. The quantitative estimate of drug-likeness (QED) is 0.900. The molecule has 1 aromatic carbocycles. The molecule has 1 aromatic heterocycles. The summed E-state index contributed by atoms with van der Waals surface area (Å²) in [6.07, 6.45) is 2.53. The van der Waals surface area contributed by atoms with E-state index in [1.807, 2.05) is 24.3 Å². The number of benzene rings is 1. The van der Waals surface area contributed by atoms with Crippen molar-refractivity contribution in [1.82, 2.24) is 9.88 Å². The van der Waals surface area contributed by atoms with Crippen molar-refractivity contribution in [2.75, 3.05) is 32.0 Å². The average Bonchev–Trinajstić information content (AvgIpc) is 2.82. The molecule has 2 aromatic rings. The summed E-state index contributed by atoms with van der Waals surface area (Å²) in [7, 11) is 2.18. The van der Waals surface area contributed by atoms with E-state index in [0.29, 0.717) is 5.92 Å². The molecular weight excluding hydrogens is 248 g/mol. The topological polar surface area (TPSA) is 54.8 Å². The van der Waals surface area contributed by atoms with E-state index in [4.69, 9.17) is 0 Å². The number of likely N-dealkylation sites (tertiary alicyclic amines) is 1. The van der Waals surface area contributed by atoms with Gasteiger partial charge in [-0.3, -0.25) is 0 Å². The lowest BCUT2D eigenvalue weighted by Gasteiger charge is -2.29. The number of para-hydroxylation sites is 1. The average molecular weight is 268 g/mol. The van der Waals surface area contributed by atoms with E-state index >= 15 is 0 Å². The summed E-state index contributed by atoms with van der Waals surface area (Å²) in [5.74, 6) is 1.52. The molecule has 1 fully saturated rings. The van der Waals surface area contributed by atoms with Crippen molar-refractivity contribution in [3.8, 4) is 6.07 Å². The van der Waals surface area contributed by atoms with Gasteiger partial charge < -0.3 is 15.2 Å². The summed E-state index contributed by atoms with van der Waals surface area (Å²) < 4.78 is 0. The Morgan fingerprint density at radius 3 is 3.10 bits per heavy atom. The van der Waals surface area contributed by atoms with Gasteiger partial charge in [-0.25, -0.2) is 0 Å². The maximum atomic E-state index is 9.37. The van der Waals surface area contributed by atoms with Crippen molar-refractivity contribution in [3.63, 3.8) is 0 Å². The Hall–Kier alpha value is -1.99. The number of piperidine rings is 1. The smallest absolute Gasteiger partial charge is 0.122 e. The zero-order chi connectivity index (χ0) is 13.9. The minimum atomic E-state index is 0.659. The highest BCUT2D eigenvalue weighted by atomic mass is 15.1. The van der Waals surface area contributed by atoms with Crippen LogP contribution >= 0.6 is 0 Å². The number of anilines is 1. The van der Waals surface area contributed by atoms with E-state index in [0.717, 1.165) is 35.4 Å². The molecule has 0 radical (unpaired) electrons. The van der Waals surface area contributed by atoms with Crippen LogP contribution in [0.3, 0.4) is 0 Å². The monoisotopic (exact) mass is 268 g/mol. The summed E-state index contributed by atoms with van der Waals surface area (Å²) in [6, 6.07) is 10.3. The molecule has 0 spiro atoms. The number of H-pyrrole nitrogens is 1. The van der Waals surface area contributed by atoms with Gasteiger partial charge in [0.25, 0.3) is 0 Å². The van der Waals surface area contributed by atoms with E-state index in [9.17, 15) is 5.26 Å². The number of fused-ring (bicyclic) bond motifs is 1. The molecule has 4 nitrogen and oxygen atoms in total. The van der Waals surface area contributed by atoms with Gasteiger partial charge in [0, 0.05) is 24.0 Å². The van der Waals surface area contributed by atoms with Crippen LogP contribution in [0.15, 0.2) is 24.3 Å². The van der Waals surface area contributed by atoms with E-state index < -0.39 is 0 Å². The van der Waals surface area contributed by atoms with Crippen LogP contribution in [0, 0.1) is 17.2 Å². The first-order chi connectivity index (χ1) is 9.78. The molecular formula is C16H20N4. The van der Waals surface area contributed by atoms with Crippen LogP contribution in [0.4, 0.5) is 5.82 Å². The number of nitriles is 1. The molecule has 0 saturated carbocycles. The second-order valence-corrected chi connectivity index (χ2v) is 5.68. The number of hydrogen-bond acceptors (Lipinski definition) is 3. The number of nitrogens with zero attached hydrogens (tertiary/aromatic N) is 2. The summed E-state index contributed by atoms with van der Waals surface area (Å²) in [4.78, 5) is 5.70. The highest BCUT2D eigenvalue weighted by Gasteiger charge is 2.18. The zero-order valence-corrected chi connectivity index (χ0v) is 11.8. The minimum absolute atomic E-state index is 0.659. The Labute approximate surface area is 119 Å². The first-order valence-corrected chi connectivity index (χ1v) is 7.21. The Morgan fingerprint density at radius 1 is 1.45 bits per heavy atom. The molecule has 2 N–H and O–H groups in total. The molecule has 1 aliphatic rings. The molecule has 0 bridgehead atoms. The van der Waals surface area contributed by atoms with Crippen molar-refractivity contribution in [2.45, 2.75) is 12.8 Å². The van der Waals surface area contributed by atoms with Crippen molar-refractivity contribution in [3.05, 3.63) is 29.8 Å². The van der Waals surface area contributed by atoms with Crippen molar-refractivity contribution in [1.29, 1.82) is 5.26 Å². The van der Waals surface area contributed by atoms with E-state index in [1.165, 1.54) is 19.4 Å².